The third-order valence-corrected chi connectivity index (χ3v) is 4.73. The van der Waals surface area contributed by atoms with Crippen molar-refractivity contribution in [2.75, 3.05) is 11.4 Å². The van der Waals surface area contributed by atoms with E-state index in [1.54, 1.807) is 6.20 Å². The zero-order chi connectivity index (χ0) is 14.8. The molecule has 2 aromatic rings. The van der Waals surface area contributed by atoms with Crippen molar-refractivity contribution in [2.45, 2.75) is 31.7 Å². The zero-order valence-corrected chi connectivity index (χ0v) is 13.2. The molecule has 0 aliphatic carbocycles. The summed E-state index contributed by atoms with van der Waals surface area (Å²) in [6, 6.07) is 7.43. The van der Waals surface area contributed by atoms with Gasteiger partial charge in [0.05, 0.1) is 0 Å². The molecule has 1 fully saturated rings. The fourth-order valence-electron chi connectivity index (χ4n) is 3.00. The van der Waals surface area contributed by atoms with Gasteiger partial charge < -0.3 is 10.0 Å². The molecule has 0 radical (unpaired) electrons. The van der Waals surface area contributed by atoms with Crippen molar-refractivity contribution >= 4 is 38.5 Å². The number of carboxylic acid groups (broad SMARTS) is 1. The quantitative estimate of drug-likeness (QED) is 0.895. The van der Waals surface area contributed by atoms with Gasteiger partial charge in [0.25, 0.3) is 0 Å². The largest absolute Gasteiger partial charge is 0.480 e. The van der Waals surface area contributed by atoms with Crippen molar-refractivity contribution in [2.24, 2.45) is 0 Å². The van der Waals surface area contributed by atoms with Gasteiger partial charge in [-0.3, -0.25) is 0 Å². The van der Waals surface area contributed by atoms with Crippen LogP contribution < -0.4 is 4.90 Å². The molecule has 1 aliphatic heterocycles. The van der Waals surface area contributed by atoms with Crippen LogP contribution in [-0.4, -0.2) is 28.6 Å². The lowest BCUT2D eigenvalue weighted by Crippen LogP contribution is -2.41. The molecule has 2 heterocycles. The lowest BCUT2D eigenvalue weighted by Gasteiger charge is -2.29. The van der Waals surface area contributed by atoms with Gasteiger partial charge in [-0.25, -0.2) is 9.78 Å². The molecule has 1 N–H and O–H groups in total. The third-order valence-electron chi connectivity index (χ3n) is 4.04. The Kier molecular flexibility index (Phi) is 4.10. The summed E-state index contributed by atoms with van der Waals surface area (Å²) >= 11 is 3.55. The van der Waals surface area contributed by atoms with Crippen LogP contribution in [0, 0.1) is 0 Å². The average Bonchev–Trinajstić information content (AvgIpc) is 2.73. The van der Waals surface area contributed by atoms with Crippen LogP contribution >= 0.6 is 15.9 Å². The van der Waals surface area contributed by atoms with Gasteiger partial charge in [0.15, 0.2) is 0 Å². The van der Waals surface area contributed by atoms with Crippen molar-refractivity contribution < 1.29 is 9.90 Å². The van der Waals surface area contributed by atoms with Crippen molar-refractivity contribution in [3.8, 4) is 0 Å². The van der Waals surface area contributed by atoms with Crippen LogP contribution in [0.1, 0.15) is 25.7 Å². The smallest absolute Gasteiger partial charge is 0.326 e. The molecule has 1 aromatic heterocycles. The van der Waals surface area contributed by atoms with E-state index in [1.807, 2.05) is 29.2 Å². The van der Waals surface area contributed by atoms with E-state index in [2.05, 4.69) is 20.9 Å². The van der Waals surface area contributed by atoms with E-state index in [-0.39, 0.29) is 0 Å². The van der Waals surface area contributed by atoms with Crippen LogP contribution in [0.3, 0.4) is 0 Å². The van der Waals surface area contributed by atoms with Gasteiger partial charge in [-0.15, -0.1) is 0 Å². The Morgan fingerprint density at radius 3 is 2.90 bits per heavy atom. The number of rotatable bonds is 2. The van der Waals surface area contributed by atoms with Gasteiger partial charge in [-0.05, 0) is 25.0 Å². The lowest BCUT2D eigenvalue weighted by atomic mass is 10.1. The highest BCUT2D eigenvalue weighted by atomic mass is 79.9. The minimum Gasteiger partial charge on any atom is -0.480 e. The van der Waals surface area contributed by atoms with E-state index >= 15 is 0 Å². The highest BCUT2D eigenvalue weighted by Crippen LogP contribution is 2.32. The topological polar surface area (TPSA) is 53.4 Å². The number of aliphatic carboxylic acids is 1. The molecule has 1 aromatic carbocycles. The van der Waals surface area contributed by atoms with E-state index in [0.717, 1.165) is 46.9 Å². The van der Waals surface area contributed by atoms with E-state index < -0.39 is 12.0 Å². The number of aromatic nitrogens is 1. The van der Waals surface area contributed by atoms with Gasteiger partial charge in [-0.2, -0.15) is 0 Å². The number of halogens is 1. The SMILES string of the molecule is O=C(O)C1CCCCCN1c1nccc2c(Br)cccc12. The minimum absolute atomic E-state index is 0.482. The first kappa shape index (κ1) is 14.3. The van der Waals surface area contributed by atoms with Gasteiger partial charge in [0, 0.05) is 28.0 Å². The second-order valence-corrected chi connectivity index (χ2v) is 6.22. The molecule has 4 nitrogen and oxygen atoms in total. The molecule has 1 aliphatic rings. The van der Waals surface area contributed by atoms with Gasteiger partial charge in [-0.1, -0.05) is 40.9 Å². The van der Waals surface area contributed by atoms with Crippen LogP contribution in [0.2, 0.25) is 0 Å². The first-order valence-electron chi connectivity index (χ1n) is 7.21. The zero-order valence-electron chi connectivity index (χ0n) is 11.6. The van der Waals surface area contributed by atoms with E-state index in [0.29, 0.717) is 6.42 Å². The summed E-state index contributed by atoms with van der Waals surface area (Å²) in [5.41, 5.74) is 0. The molecule has 5 heteroatoms. The number of anilines is 1. The predicted molar refractivity (Wildman–Crippen MR) is 86.7 cm³/mol. The maximum absolute atomic E-state index is 11.6. The molecule has 0 bridgehead atoms. The Hall–Kier alpha value is -1.62. The molecule has 0 spiro atoms. The van der Waals surface area contributed by atoms with Crippen LogP contribution in [0.15, 0.2) is 34.9 Å². The Morgan fingerprint density at radius 2 is 2.10 bits per heavy atom. The second kappa shape index (κ2) is 6.02. The van der Waals surface area contributed by atoms with E-state index in [4.69, 9.17) is 0 Å². The van der Waals surface area contributed by atoms with Gasteiger partial charge in [0.1, 0.15) is 11.9 Å². The Balaban J connectivity index is 2.13. The fourth-order valence-corrected chi connectivity index (χ4v) is 3.50. The maximum atomic E-state index is 11.6. The van der Waals surface area contributed by atoms with Crippen molar-refractivity contribution in [1.82, 2.24) is 4.98 Å². The minimum atomic E-state index is -0.759. The second-order valence-electron chi connectivity index (χ2n) is 5.37. The molecular formula is C16H17BrN2O2. The molecule has 0 saturated carbocycles. The average molecular weight is 349 g/mol. The number of carbonyl (C=O) groups is 1. The molecule has 0 amide bonds. The number of pyridine rings is 1. The molecule has 110 valence electrons. The van der Waals surface area contributed by atoms with Crippen LogP contribution in [-0.2, 0) is 4.79 Å². The summed E-state index contributed by atoms with van der Waals surface area (Å²) in [7, 11) is 0. The Morgan fingerprint density at radius 1 is 1.24 bits per heavy atom. The number of hydrogen-bond donors (Lipinski definition) is 1. The monoisotopic (exact) mass is 348 g/mol. The normalized spacial score (nSPS) is 19.5. The Bertz CT molecular complexity index is 674. The highest BCUT2D eigenvalue weighted by molar-refractivity contribution is 9.10. The number of fused-ring (bicyclic) bond motifs is 1. The molecule has 1 unspecified atom stereocenters. The molecule has 1 saturated heterocycles. The van der Waals surface area contributed by atoms with Gasteiger partial charge >= 0.3 is 5.97 Å². The summed E-state index contributed by atoms with van der Waals surface area (Å²) in [5, 5.41) is 11.6. The number of nitrogens with zero attached hydrogens (tertiary/aromatic N) is 2. The standard InChI is InChI=1S/C16H17BrN2O2/c17-13-6-4-5-12-11(13)8-9-18-15(12)19-10-3-1-2-7-14(19)16(20)21/h4-6,8-9,14H,1-3,7,10H2,(H,20,21). The molecule has 3 rings (SSSR count). The highest BCUT2D eigenvalue weighted by Gasteiger charge is 2.29. The fraction of sp³-hybridized carbons (Fsp3) is 0.375. The molecular weight excluding hydrogens is 332 g/mol. The lowest BCUT2D eigenvalue weighted by molar-refractivity contribution is -0.138. The Labute approximate surface area is 131 Å². The number of hydrogen-bond acceptors (Lipinski definition) is 3. The summed E-state index contributed by atoms with van der Waals surface area (Å²) < 4.78 is 1.00. The van der Waals surface area contributed by atoms with Crippen LogP contribution in [0.4, 0.5) is 5.82 Å². The maximum Gasteiger partial charge on any atom is 0.326 e. The van der Waals surface area contributed by atoms with Crippen molar-refractivity contribution in [1.29, 1.82) is 0 Å². The third kappa shape index (κ3) is 2.75. The first-order chi connectivity index (χ1) is 10.2. The summed E-state index contributed by atoms with van der Waals surface area (Å²) in [6.45, 7) is 0.746. The van der Waals surface area contributed by atoms with Crippen molar-refractivity contribution in [3.63, 3.8) is 0 Å². The molecule has 21 heavy (non-hydrogen) atoms. The van der Waals surface area contributed by atoms with Crippen molar-refractivity contribution in [3.05, 3.63) is 34.9 Å². The first-order valence-corrected chi connectivity index (χ1v) is 8.00. The van der Waals surface area contributed by atoms with Gasteiger partial charge in [0.2, 0.25) is 0 Å². The van der Waals surface area contributed by atoms with Crippen LogP contribution in [0.5, 0.6) is 0 Å². The van der Waals surface area contributed by atoms with E-state index in [1.165, 1.54) is 0 Å². The van der Waals surface area contributed by atoms with E-state index in [9.17, 15) is 9.90 Å². The predicted octanol–water partition coefficient (Wildman–Crippen LogP) is 3.83. The summed E-state index contributed by atoms with van der Waals surface area (Å²) in [6.07, 6.45) is 5.49. The number of benzene rings is 1. The molecule has 1 atom stereocenters. The number of carboxylic acids is 1. The summed E-state index contributed by atoms with van der Waals surface area (Å²) in [5.74, 6) is 0.0220. The summed E-state index contributed by atoms with van der Waals surface area (Å²) in [4.78, 5) is 18.1. The van der Waals surface area contributed by atoms with Crippen LogP contribution in [0.25, 0.3) is 10.8 Å².